The SMILES string of the molecule is CCCOCCC(OC)c1ccccc1. The summed E-state index contributed by atoms with van der Waals surface area (Å²) >= 11 is 0. The first kappa shape index (κ1) is 12.2. The molecule has 0 amide bonds. The fraction of sp³-hybridized carbons (Fsp3) is 0.538. The summed E-state index contributed by atoms with van der Waals surface area (Å²) in [6.45, 7) is 3.72. The van der Waals surface area contributed by atoms with Crippen molar-refractivity contribution >= 4 is 0 Å². The van der Waals surface area contributed by atoms with Crippen molar-refractivity contribution in [2.75, 3.05) is 20.3 Å². The minimum atomic E-state index is 0.156. The van der Waals surface area contributed by atoms with Crippen molar-refractivity contribution in [3.05, 3.63) is 35.9 Å². The number of hydrogen-bond acceptors (Lipinski definition) is 2. The minimum Gasteiger partial charge on any atom is -0.381 e. The van der Waals surface area contributed by atoms with Gasteiger partial charge in [0.1, 0.15) is 0 Å². The molecule has 0 heterocycles. The quantitative estimate of drug-likeness (QED) is 0.641. The Bertz CT molecular complexity index is 246. The van der Waals surface area contributed by atoms with Crippen molar-refractivity contribution in [3.63, 3.8) is 0 Å². The highest BCUT2D eigenvalue weighted by Crippen LogP contribution is 2.19. The van der Waals surface area contributed by atoms with E-state index in [1.54, 1.807) is 7.11 Å². The maximum Gasteiger partial charge on any atom is 0.0843 e. The van der Waals surface area contributed by atoms with Crippen molar-refractivity contribution in [1.29, 1.82) is 0 Å². The Hall–Kier alpha value is -0.860. The number of benzene rings is 1. The number of hydrogen-bond donors (Lipinski definition) is 0. The van der Waals surface area contributed by atoms with Crippen molar-refractivity contribution in [2.24, 2.45) is 0 Å². The van der Waals surface area contributed by atoms with Crippen LogP contribution in [0.25, 0.3) is 0 Å². The Morgan fingerprint density at radius 3 is 2.47 bits per heavy atom. The van der Waals surface area contributed by atoms with Crippen LogP contribution in [-0.2, 0) is 9.47 Å². The van der Waals surface area contributed by atoms with Crippen LogP contribution in [0.3, 0.4) is 0 Å². The van der Waals surface area contributed by atoms with Gasteiger partial charge in [0.05, 0.1) is 6.10 Å². The molecule has 1 atom stereocenters. The van der Waals surface area contributed by atoms with Crippen LogP contribution in [0.5, 0.6) is 0 Å². The fourth-order valence-electron chi connectivity index (χ4n) is 1.53. The summed E-state index contributed by atoms with van der Waals surface area (Å²) < 4.78 is 10.9. The summed E-state index contributed by atoms with van der Waals surface area (Å²) in [5.41, 5.74) is 1.22. The molecule has 0 aliphatic rings. The molecule has 1 unspecified atom stereocenters. The third-order valence-corrected chi connectivity index (χ3v) is 2.33. The summed E-state index contributed by atoms with van der Waals surface area (Å²) in [5.74, 6) is 0. The summed E-state index contributed by atoms with van der Waals surface area (Å²) in [6, 6.07) is 10.3. The zero-order valence-corrected chi connectivity index (χ0v) is 9.61. The van der Waals surface area contributed by atoms with E-state index in [9.17, 15) is 0 Å². The lowest BCUT2D eigenvalue weighted by molar-refractivity contribution is 0.0515. The smallest absolute Gasteiger partial charge is 0.0843 e. The molecule has 0 aromatic heterocycles. The molecule has 0 aliphatic heterocycles. The summed E-state index contributed by atoms with van der Waals surface area (Å²) in [5, 5.41) is 0. The van der Waals surface area contributed by atoms with Gasteiger partial charge in [-0.1, -0.05) is 37.3 Å². The molecular formula is C13H20O2. The molecule has 0 radical (unpaired) electrons. The highest BCUT2D eigenvalue weighted by atomic mass is 16.5. The summed E-state index contributed by atoms with van der Waals surface area (Å²) in [6.07, 6.45) is 2.15. The average Bonchev–Trinajstić information content (AvgIpc) is 2.30. The Kier molecular flexibility index (Phi) is 6.05. The normalized spacial score (nSPS) is 12.7. The highest BCUT2D eigenvalue weighted by Gasteiger charge is 2.08. The molecule has 0 aliphatic carbocycles. The van der Waals surface area contributed by atoms with Crippen molar-refractivity contribution < 1.29 is 9.47 Å². The Labute approximate surface area is 92.2 Å². The van der Waals surface area contributed by atoms with Crippen LogP contribution in [0.1, 0.15) is 31.4 Å². The first-order chi connectivity index (χ1) is 7.38. The van der Waals surface area contributed by atoms with Crippen molar-refractivity contribution in [3.8, 4) is 0 Å². The zero-order valence-electron chi connectivity index (χ0n) is 9.61. The molecule has 1 aromatic carbocycles. The number of rotatable bonds is 7. The fourth-order valence-corrected chi connectivity index (χ4v) is 1.53. The Morgan fingerprint density at radius 1 is 1.13 bits per heavy atom. The second-order valence-corrected chi connectivity index (χ2v) is 3.54. The lowest BCUT2D eigenvalue weighted by atomic mass is 10.1. The van der Waals surface area contributed by atoms with Gasteiger partial charge in [-0.2, -0.15) is 0 Å². The number of ether oxygens (including phenoxy) is 2. The van der Waals surface area contributed by atoms with E-state index in [-0.39, 0.29) is 6.10 Å². The number of methoxy groups -OCH3 is 1. The topological polar surface area (TPSA) is 18.5 Å². The zero-order chi connectivity index (χ0) is 10.9. The van der Waals surface area contributed by atoms with Gasteiger partial charge >= 0.3 is 0 Å². The molecule has 1 rings (SSSR count). The van der Waals surface area contributed by atoms with E-state index in [0.717, 1.165) is 26.1 Å². The molecule has 0 spiro atoms. The van der Waals surface area contributed by atoms with Gasteiger partial charge in [-0.3, -0.25) is 0 Å². The molecule has 2 nitrogen and oxygen atoms in total. The van der Waals surface area contributed by atoms with Gasteiger partial charge in [0.25, 0.3) is 0 Å². The predicted molar refractivity (Wildman–Crippen MR) is 61.9 cm³/mol. The largest absolute Gasteiger partial charge is 0.381 e. The van der Waals surface area contributed by atoms with Gasteiger partial charge in [-0.15, -0.1) is 0 Å². The van der Waals surface area contributed by atoms with E-state index in [2.05, 4.69) is 19.1 Å². The molecule has 0 bridgehead atoms. The van der Waals surface area contributed by atoms with Gasteiger partial charge < -0.3 is 9.47 Å². The van der Waals surface area contributed by atoms with Crippen LogP contribution in [0, 0.1) is 0 Å². The van der Waals surface area contributed by atoms with Crippen LogP contribution in [-0.4, -0.2) is 20.3 Å². The van der Waals surface area contributed by atoms with E-state index in [4.69, 9.17) is 9.47 Å². The molecular weight excluding hydrogens is 188 g/mol. The van der Waals surface area contributed by atoms with E-state index >= 15 is 0 Å². The van der Waals surface area contributed by atoms with E-state index < -0.39 is 0 Å². The van der Waals surface area contributed by atoms with Crippen molar-refractivity contribution in [1.82, 2.24) is 0 Å². The van der Waals surface area contributed by atoms with Crippen LogP contribution in [0.2, 0.25) is 0 Å². The monoisotopic (exact) mass is 208 g/mol. The van der Waals surface area contributed by atoms with Gasteiger partial charge in [0, 0.05) is 26.7 Å². The molecule has 2 heteroatoms. The first-order valence-electron chi connectivity index (χ1n) is 5.54. The molecule has 1 aromatic rings. The van der Waals surface area contributed by atoms with Gasteiger partial charge in [0.2, 0.25) is 0 Å². The minimum absolute atomic E-state index is 0.156. The lowest BCUT2D eigenvalue weighted by Gasteiger charge is -2.15. The van der Waals surface area contributed by atoms with E-state index in [1.165, 1.54) is 5.56 Å². The second kappa shape index (κ2) is 7.43. The van der Waals surface area contributed by atoms with Crippen LogP contribution in [0.15, 0.2) is 30.3 Å². The molecule has 0 fully saturated rings. The Balaban J connectivity index is 2.36. The third kappa shape index (κ3) is 4.45. The summed E-state index contributed by atoms with van der Waals surface area (Å²) in [7, 11) is 1.75. The summed E-state index contributed by atoms with van der Waals surface area (Å²) in [4.78, 5) is 0. The van der Waals surface area contributed by atoms with Crippen molar-refractivity contribution in [2.45, 2.75) is 25.9 Å². The average molecular weight is 208 g/mol. The van der Waals surface area contributed by atoms with Gasteiger partial charge in [-0.05, 0) is 12.0 Å². The van der Waals surface area contributed by atoms with Crippen LogP contribution in [0.4, 0.5) is 0 Å². The second-order valence-electron chi connectivity index (χ2n) is 3.54. The van der Waals surface area contributed by atoms with Gasteiger partial charge in [0.15, 0.2) is 0 Å². The third-order valence-electron chi connectivity index (χ3n) is 2.33. The predicted octanol–water partition coefficient (Wildman–Crippen LogP) is 3.19. The lowest BCUT2D eigenvalue weighted by Crippen LogP contribution is -2.06. The Morgan fingerprint density at radius 2 is 1.87 bits per heavy atom. The van der Waals surface area contributed by atoms with E-state index in [0.29, 0.717) is 0 Å². The van der Waals surface area contributed by atoms with Crippen LogP contribution < -0.4 is 0 Å². The van der Waals surface area contributed by atoms with Crippen LogP contribution >= 0.6 is 0 Å². The molecule has 0 saturated carbocycles. The maximum absolute atomic E-state index is 5.46. The molecule has 0 N–H and O–H groups in total. The highest BCUT2D eigenvalue weighted by molar-refractivity contribution is 5.17. The standard InChI is InChI=1S/C13H20O2/c1-3-10-15-11-9-13(14-2)12-7-5-4-6-8-12/h4-8,13H,3,9-11H2,1-2H3. The molecule has 15 heavy (non-hydrogen) atoms. The van der Waals surface area contributed by atoms with E-state index in [1.807, 2.05) is 18.2 Å². The first-order valence-corrected chi connectivity index (χ1v) is 5.54. The molecule has 84 valence electrons. The molecule has 0 saturated heterocycles. The van der Waals surface area contributed by atoms with Gasteiger partial charge in [-0.25, -0.2) is 0 Å². The maximum atomic E-state index is 5.46.